The highest BCUT2D eigenvalue weighted by Crippen LogP contribution is 2.23. The summed E-state index contributed by atoms with van der Waals surface area (Å²) in [5.41, 5.74) is 13.4. The van der Waals surface area contributed by atoms with E-state index < -0.39 is 0 Å². The van der Waals surface area contributed by atoms with Crippen molar-refractivity contribution >= 4 is 22.6 Å². The van der Waals surface area contributed by atoms with Gasteiger partial charge in [0.1, 0.15) is 17.9 Å². The molecule has 0 saturated carbocycles. The van der Waals surface area contributed by atoms with Gasteiger partial charge in [-0.25, -0.2) is 4.98 Å². The number of rotatable bonds is 4. The van der Waals surface area contributed by atoms with Crippen LogP contribution >= 0.6 is 0 Å². The number of nitrogen functional groups attached to an aromatic ring is 1. The molecule has 4 N–H and O–H groups in total. The van der Waals surface area contributed by atoms with E-state index in [-0.39, 0.29) is 12.5 Å². The fourth-order valence-corrected chi connectivity index (χ4v) is 2.07. The van der Waals surface area contributed by atoms with E-state index in [1.165, 1.54) is 0 Å². The molecule has 18 heavy (non-hydrogen) atoms. The number of nitrogens with two attached hydrogens (primary N) is 2. The molecular formula is C13H18N4O. The average molecular weight is 246 g/mol. The van der Waals surface area contributed by atoms with Gasteiger partial charge in [0.25, 0.3) is 0 Å². The van der Waals surface area contributed by atoms with Crippen LogP contribution in [0.4, 0.5) is 5.69 Å². The van der Waals surface area contributed by atoms with Gasteiger partial charge >= 0.3 is 0 Å². The Morgan fingerprint density at radius 2 is 2.17 bits per heavy atom. The molecule has 0 bridgehead atoms. The Labute approximate surface area is 106 Å². The van der Waals surface area contributed by atoms with Crippen LogP contribution in [0.15, 0.2) is 18.2 Å². The zero-order valence-corrected chi connectivity index (χ0v) is 10.7. The molecule has 0 unspecified atom stereocenters. The minimum atomic E-state index is -0.373. The molecule has 0 aliphatic carbocycles. The summed E-state index contributed by atoms with van der Waals surface area (Å²) in [7, 11) is 0. The quantitative estimate of drug-likeness (QED) is 0.797. The SMILES string of the molecule is CC(C)Cc1nc2c(N)cccc2n1CC(N)=O. The lowest BCUT2D eigenvalue weighted by Gasteiger charge is -2.08. The molecule has 1 aromatic carbocycles. The molecule has 96 valence electrons. The number of aromatic nitrogens is 2. The van der Waals surface area contributed by atoms with Crippen LogP contribution in [0.1, 0.15) is 19.7 Å². The number of fused-ring (bicyclic) bond motifs is 1. The van der Waals surface area contributed by atoms with Gasteiger partial charge in [0.05, 0.1) is 11.2 Å². The lowest BCUT2D eigenvalue weighted by Crippen LogP contribution is -2.20. The number of benzene rings is 1. The van der Waals surface area contributed by atoms with E-state index in [1.54, 1.807) is 0 Å². The van der Waals surface area contributed by atoms with Crippen LogP contribution in [0.2, 0.25) is 0 Å². The summed E-state index contributed by atoms with van der Waals surface area (Å²) in [5, 5.41) is 0. The first-order chi connectivity index (χ1) is 8.49. The fraction of sp³-hybridized carbons (Fsp3) is 0.385. The van der Waals surface area contributed by atoms with Crippen molar-refractivity contribution in [1.29, 1.82) is 0 Å². The number of carbonyl (C=O) groups excluding carboxylic acids is 1. The lowest BCUT2D eigenvalue weighted by atomic mass is 10.1. The Hall–Kier alpha value is -2.04. The molecular weight excluding hydrogens is 228 g/mol. The zero-order chi connectivity index (χ0) is 13.3. The maximum absolute atomic E-state index is 11.2. The summed E-state index contributed by atoms with van der Waals surface area (Å²) < 4.78 is 1.86. The molecule has 2 aromatic rings. The molecule has 0 spiro atoms. The molecule has 1 amide bonds. The van der Waals surface area contributed by atoms with Crippen LogP contribution in [0.25, 0.3) is 11.0 Å². The van der Waals surface area contributed by atoms with Gasteiger partial charge in [-0.15, -0.1) is 0 Å². The van der Waals surface area contributed by atoms with Gasteiger partial charge in [-0.3, -0.25) is 4.79 Å². The number of amides is 1. The van der Waals surface area contributed by atoms with Crippen LogP contribution in [-0.4, -0.2) is 15.5 Å². The van der Waals surface area contributed by atoms with Gasteiger partial charge in [0, 0.05) is 6.42 Å². The number of nitrogens with zero attached hydrogens (tertiary/aromatic N) is 2. The molecule has 0 radical (unpaired) electrons. The second kappa shape index (κ2) is 4.68. The van der Waals surface area contributed by atoms with E-state index in [2.05, 4.69) is 18.8 Å². The molecule has 0 atom stereocenters. The predicted molar refractivity (Wildman–Crippen MR) is 71.9 cm³/mol. The predicted octanol–water partition coefficient (Wildman–Crippen LogP) is 1.30. The van der Waals surface area contributed by atoms with Crippen molar-refractivity contribution < 1.29 is 4.79 Å². The number of para-hydroxylation sites is 1. The Balaban J connectivity index is 2.60. The van der Waals surface area contributed by atoms with Gasteiger partial charge in [0.15, 0.2) is 0 Å². The highest BCUT2D eigenvalue weighted by molar-refractivity contribution is 5.88. The van der Waals surface area contributed by atoms with Crippen LogP contribution in [0.5, 0.6) is 0 Å². The van der Waals surface area contributed by atoms with Crippen LogP contribution in [0, 0.1) is 5.92 Å². The normalized spacial score (nSPS) is 11.3. The summed E-state index contributed by atoms with van der Waals surface area (Å²) in [6.45, 7) is 4.36. The molecule has 1 aromatic heterocycles. The van der Waals surface area contributed by atoms with E-state index in [0.29, 0.717) is 11.6 Å². The molecule has 0 aliphatic heterocycles. The van der Waals surface area contributed by atoms with Crippen molar-refractivity contribution in [3.8, 4) is 0 Å². The molecule has 0 aliphatic rings. The van der Waals surface area contributed by atoms with Crippen molar-refractivity contribution in [3.63, 3.8) is 0 Å². The highest BCUT2D eigenvalue weighted by atomic mass is 16.1. The molecule has 5 nitrogen and oxygen atoms in total. The van der Waals surface area contributed by atoms with Crippen molar-refractivity contribution in [1.82, 2.24) is 9.55 Å². The number of hydrogen-bond acceptors (Lipinski definition) is 3. The average Bonchev–Trinajstić information content (AvgIpc) is 2.58. The lowest BCUT2D eigenvalue weighted by molar-refractivity contribution is -0.118. The third kappa shape index (κ3) is 2.30. The Kier molecular flexibility index (Phi) is 3.23. The van der Waals surface area contributed by atoms with E-state index in [0.717, 1.165) is 23.3 Å². The summed E-state index contributed by atoms with van der Waals surface area (Å²) in [4.78, 5) is 15.7. The van der Waals surface area contributed by atoms with E-state index in [9.17, 15) is 4.79 Å². The smallest absolute Gasteiger partial charge is 0.237 e. The first-order valence-corrected chi connectivity index (χ1v) is 6.01. The number of carbonyl (C=O) groups is 1. The van der Waals surface area contributed by atoms with Crippen molar-refractivity contribution in [2.45, 2.75) is 26.8 Å². The van der Waals surface area contributed by atoms with Crippen molar-refractivity contribution in [2.75, 3.05) is 5.73 Å². The largest absolute Gasteiger partial charge is 0.397 e. The monoisotopic (exact) mass is 246 g/mol. The Bertz CT molecular complexity index is 586. The van der Waals surface area contributed by atoms with Gasteiger partial charge in [-0.05, 0) is 18.1 Å². The minimum Gasteiger partial charge on any atom is -0.397 e. The second-order valence-electron chi connectivity index (χ2n) is 4.89. The third-order valence-electron chi connectivity index (χ3n) is 2.79. The van der Waals surface area contributed by atoms with Gasteiger partial charge in [0.2, 0.25) is 5.91 Å². The van der Waals surface area contributed by atoms with Gasteiger partial charge in [-0.1, -0.05) is 19.9 Å². The highest BCUT2D eigenvalue weighted by Gasteiger charge is 2.14. The summed E-state index contributed by atoms with van der Waals surface area (Å²) >= 11 is 0. The molecule has 2 rings (SSSR count). The number of imidazole rings is 1. The minimum absolute atomic E-state index is 0.141. The number of hydrogen-bond donors (Lipinski definition) is 2. The summed E-state index contributed by atoms with van der Waals surface area (Å²) in [6.07, 6.45) is 0.793. The standard InChI is InChI=1S/C13H18N4O/c1-8(2)6-12-16-13-9(14)4-3-5-10(13)17(12)7-11(15)18/h3-5,8H,6-7,14H2,1-2H3,(H2,15,18). The molecule has 1 heterocycles. The van der Waals surface area contributed by atoms with E-state index >= 15 is 0 Å². The van der Waals surface area contributed by atoms with E-state index in [1.807, 2.05) is 22.8 Å². The molecule has 5 heteroatoms. The van der Waals surface area contributed by atoms with Gasteiger partial charge < -0.3 is 16.0 Å². The first-order valence-electron chi connectivity index (χ1n) is 6.01. The summed E-state index contributed by atoms with van der Waals surface area (Å²) in [5.74, 6) is 0.938. The number of primary amides is 1. The van der Waals surface area contributed by atoms with Crippen LogP contribution < -0.4 is 11.5 Å². The Morgan fingerprint density at radius 3 is 2.78 bits per heavy atom. The van der Waals surface area contributed by atoms with Gasteiger partial charge in [-0.2, -0.15) is 0 Å². The maximum atomic E-state index is 11.2. The van der Waals surface area contributed by atoms with Crippen molar-refractivity contribution in [2.24, 2.45) is 11.7 Å². The fourth-order valence-electron chi connectivity index (χ4n) is 2.07. The number of anilines is 1. The maximum Gasteiger partial charge on any atom is 0.237 e. The molecule has 0 fully saturated rings. The van der Waals surface area contributed by atoms with Crippen LogP contribution in [-0.2, 0) is 17.8 Å². The third-order valence-corrected chi connectivity index (χ3v) is 2.79. The van der Waals surface area contributed by atoms with Crippen LogP contribution in [0.3, 0.4) is 0 Å². The molecule has 0 saturated heterocycles. The topological polar surface area (TPSA) is 86.9 Å². The Morgan fingerprint density at radius 1 is 1.44 bits per heavy atom. The zero-order valence-electron chi connectivity index (χ0n) is 10.7. The first kappa shape index (κ1) is 12.4. The van der Waals surface area contributed by atoms with Crippen molar-refractivity contribution in [3.05, 3.63) is 24.0 Å². The second-order valence-corrected chi connectivity index (χ2v) is 4.89. The van der Waals surface area contributed by atoms with E-state index in [4.69, 9.17) is 11.5 Å². The summed E-state index contributed by atoms with van der Waals surface area (Å²) in [6, 6.07) is 5.57.